The molecule has 0 aliphatic heterocycles. The minimum atomic E-state index is -0.981. The average Bonchev–Trinajstić information content (AvgIpc) is 2.00. The van der Waals surface area contributed by atoms with Crippen molar-refractivity contribution in [3.63, 3.8) is 0 Å². The number of hydrogen-bond acceptors (Lipinski definition) is 3. The van der Waals surface area contributed by atoms with Crippen molar-refractivity contribution >= 4 is 5.97 Å². The van der Waals surface area contributed by atoms with E-state index >= 15 is 0 Å². The number of carboxylic acids is 1. The van der Waals surface area contributed by atoms with Gasteiger partial charge in [-0.3, -0.25) is 0 Å². The van der Waals surface area contributed by atoms with Crippen molar-refractivity contribution in [2.45, 2.75) is 32.3 Å². The smallest absolute Gasteiger partial charge is 0.327 e. The highest BCUT2D eigenvalue weighted by molar-refractivity contribution is 5.78. The van der Waals surface area contributed by atoms with Crippen LogP contribution < -0.4 is 0 Å². The molecule has 4 nitrogen and oxygen atoms in total. The molecule has 4 heteroatoms. The van der Waals surface area contributed by atoms with E-state index in [1.165, 1.54) is 0 Å². The van der Waals surface area contributed by atoms with E-state index < -0.39 is 11.6 Å². The standard InChI is InChI=1S/C6H14O2.C3H4O2/c1-6(2,8)4-3-5-7;1-2-3(4)5/h7-8H,3-5H2,1-2H3;2H,1H2,(H,4,5). The van der Waals surface area contributed by atoms with Crippen LogP contribution in [0.2, 0.25) is 0 Å². The maximum Gasteiger partial charge on any atom is 0.327 e. The van der Waals surface area contributed by atoms with E-state index in [1.807, 2.05) is 0 Å². The molecule has 0 heterocycles. The molecular weight excluding hydrogens is 172 g/mol. The number of carboxylic acid groups (broad SMARTS) is 1. The summed E-state index contributed by atoms with van der Waals surface area (Å²) in [7, 11) is 0. The van der Waals surface area contributed by atoms with Gasteiger partial charge in [-0.1, -0.05) is 6.58 Å². The quantitative estimate of drug-likeness (QED) is 0.573. The van der Waals surface area contributed by atoms with Gasteiger partial charge in [-0.15, -0.1) is 0 Å². The second-order valence-electron chi connectivity index (χ2n) is 3.18. The Labute approximate surface area is 78.5 Å². The van der Waals surface area contributed by atoms with Crippen LogP contribution in [0.25, 0.3) is 0 Å². The van der Waals surface area contributed by atoms with Crippen molar-refractivity contribution in [1.82, 2.24) is 0 Å². The zero-order valence-corrected chi connectivity index (χ0v) is 8.16. The van der Waals surface area contributed by atoms with Gasteiger partial charge in [-0.2, -0.15) is 0 Å². The Morgan fingerprint density at radius 3 is 2.00 bits per heavy atom. The molecule has 0 saturated carbocycles. The first-order valence-electron chi connectivity index (χ1n) is 4.02. The van der Waals surface area contributed by atoms with E-state index in [0.29, 0.717) is 12.8 Å². The van der Waals surface area contributed by atoms with Gasteiger partial charge in [0.2, 0.25) is 0 Å². The molecule has 0 aliphatic rings. The Morgan fingerprint density at radius 2 is 1.92 bits per heavy atom. The van der Waals surface area contributed by atoms with E-state index in [-0.39, 0.29) is 6.61 Å². The van der Waals surface area contributed by atoms with Crippen LogP contribution in [0.15, 0.2) is 12.7 Å². The van der Waals surface area contributed by atoms with Gasteiger partial charge in [-0.05, 0) is 26.7 Å². The fraction of sp³-hybridized carbons (Fsp3) is 0.667. The highest BCUT2D eigenvalue weighted by Gasteiger charge is 2.09. The third-order valence-electron chi connectivity index (χ3n) is 1.12. The average molecular weight is 190 g/mol. The number of carbonyl (C=O) groups is 1. The topological polar surface area (TPSA) is 77.8 Å². The molecule has 0 rings (SSSR count). The Hall–Kier alpha value is -0.870. The summed E-state index contributed by atoms with van der Waals surface area (Å²) in [4.78, 5) is 9.25. The molecule has 0 aromatic heterocycles. The Bertz CT molecular complexity index is 146. The van der Waals surface area contributed by atoms with Crippen molar-refractivity contribution in [2.24, 2.45) is 0 Å². The second-order valence-corrected chi connectivity index (χ2v) is 3.18. The first-order chi connectivity index (χ1) is 5.83. The van der Waals surface area contributed by atoms with Gasteiger partial charge in [0.25, 0.3) is 0 Å². The van der Waals surface area contributed by atoms with Gasteiger partial charge in [0.05, 0.1) is 5.60 Å². The summed E-state index contributed by atoms with van der Waals surface area (Å²) in [6.07, 6.45) is 2.19. The fourth-order valence-electron chi connectivity index (χ4n) is 0.512. The zero-order chi connectivity index (χ0) is 10.9. The van der Waals surface area contributed by atoms with Crippen LogP contribution in [-0.2, 0) is 4.79 Å². The van der Waals surface area contributed by atoms with Crippen LogP contribution in [0.4, 0.5) is 0 Å². The van der Waals surface area contributed by atoms with Crippen molar-refractivity contribution in [2.75, 3.05) is 6.61 Å². The third kappa shape index (κ3) is 24.7. The Morgan fingerprint density at radius 1 is 1.54 bits per heavy atom. The van der Waals surface area contributed by atoms with Gasteiger partial charge in [0, 0.05) is 12.7 Å². The molecule has 0 atom stereocenters. The normalized spacial score (nSPS) is 9.85. The maximum absolute atomic E-state index is 9.25. The van der Waals surface area contributed by atoms with Crippen LogP contribution >= 0.6 is 0 Å². The van der Waals surface area contributed by atoms with Gasteiger partial charge in [0.1, 0.15) is 0 Å². The summed E-state index contributed by atoms with van der Waals surface area (Å²) < 4.78 is 0. The molecule has 0 unspecified atom stereocenters. The third-order valence-corrected chi connectivity index (χ3v) is 1.12. The summed E-state index contributed by atoms with van der Waals surface area (Å²) in [5.74, 6) is -0.981. The Balaban J connectivity index is 0. The predicted molar refractivity (Wildman–Crippen MR) is 50.5 cm³/mol. The largest absolute Gasteiger partial charge is 0.478 e. The lowest BCUT2D eigenvalue weighted by Gasteiger charge is -2.14. The van der Waals surface area contributed by atoms with E-state index in [9.17, 15) is 4.79 Å². The second kappa shape index (κ2) is 7.76. The summed E-state index contributed by atoms with van der Waals surface area (Å²) in [6.45, 7) is 6.61. The highest BCUT2D eigenvalue weighted by Crippen LogP contribution is 2.08. The number of aliphatic hydroxyl groups is 2. The molecule has 0 bridgehead atoms. The highest BCUT2D eigenvalue weighted by atomic mass is 16.4. The summed E-state index contributed by atoms with van der Waals surface area (Å²) in [6, 6.07) is 0. The van der Waals surface area contributed by atoms with Crippen molar-refractivity contribution in [1.29, 1.82) is 0 Å². The van der Waals surface area contributed by atoms with Crippen LogP contribution in [0.1, 0.15) is 26.7 Å². The van der Waals surface area contributed by atoms with Crippen molar-refractivity contribution in [3.8, 4) is 0 Å². The zero-order valence-electron chi connectivity index (χ0n) is 8.16. The van der Waals surface area contributed by atoms with E-state index in [0.717, 1.165) is 6.08 Å². The predicted octanol–water partition coefficient (Wildman–Crippen LogP) is 0.787. The van der Waals surface area contributed by atoms with Gasteiger partial charge in [-0.25, -0.2) is 4.79 Å². The van der Waals surface area contributed by atoms with Crippen molar-refractivity contribution in [3.05, 3.63) is 12.7 Å². The van der Waals surface area contributed by atoms with E-state index in [1.54, 1.807) is 13.8 Å². The molecule has 78 valence electrons. The molecule has 0 aromatic carbocycles. The van der Waals surface area contributed by atoms with Crippen LogP contribution in [0, 0.1) is 0 Å². The SMILES string of the molecule is C=CC(=O)O.CC(C)(O)CCCO. The van der Waals surface area contributed by atoms with E-state index in [2.05, 4.69) is 6.58 Å². The minimum absolute atomic E-state index is 0.171. The lowest BCUT2D eigenvalue weighted by atomic mass is 10.0. The monoisotopic (exact) mass is 190 g/mol. The summed E-state index contributed by atoms with van der Waals surface area (Å²) >= 11 is 0. The number of aliphatic carboxylic acids is 1. The number of rotatable bonds is 4. The molecule has 13 heavy (non-hydrogen) atoms. The molecular formula is C9H18O4. The molecule has 0 amide bonds. The van der Waals surface area contributed by atoms with Crippen LogP contribution in [-0.4, -0.2) is 33.5 Å². The number of hydrogen-bond donors (Lipinski definition) is 3. The van der Waals surface area contributed by atoms with Gasteiger partial charge < -0.3 is 15.3 Å². The molecule has 0 fully saturated rings. The maximum atomic E-state index is 9.25. The van der Waals surface area contributed by atoms with Crippen molar-refractivity contribution < 1.29 is 20.1 Å². The lowest BCUT2D eigenvalue weighted by molar-refractivity contribution is -0.131. The van der Waals surface area contributed by atoms with Gasteiger partial charge >= 0.3 is 5.97 Å². The summed E-state index contributed by atoms with van der Waals surface area (Å²) in [5.41, 5.74) is -0.608. The molecule has 0 saturated heterocycles. The fourth-order valence-corrected chi connectivity index (χ4v) is 0.512. The minimum Gasteiger partial charge on any atom is -0.478 e. The van der Waals surface area contributed by atoms with E-state index in [4.69, 9.17) is 15.3 Å². The first kappa shape index (κ1) is 14.6. The first-order valence-corrected chi connectivity index (χ1v) is 4.02. The molecule has 3 N–H and O–H groups in total. The van der Waals surface area contributed by atoms with Crippen LogP contribution in [0.5, 0.6) is 0 Å². The van der Waals surface area contributed by atoms with Gasteiger partial charge in [0.15, 0.2) is 0 Å². The lowest BCUT2D eigenvalue weighted by Crippen LogP contribution is -2.18. The Kier molecular flexibility index (Phi) is 8.74. The summed E-state index contributed by atoms with van der Waals surface area (Å²) in [5, 5.41) is 25.0. The molecule has 0 spiro atoms. The number of aliphatic hydroxyl groups excluding tert-OH is 1. The molecule has 0 radical (unpaired) electrons. The molecule has 0 aromatic rings. The molecule has 0 aliphatic carbocycles. The van der Waals surface area contributed by atoms with Crippen LogP contribution in [0.3, 0.4) is 0 Å².